The largest absolute Gasteiger partial charge is 0.481 e. The highest BCUT2D eigenvalue weighted by molar-refractivity contribution is 6.36. The van der Waals surface area contributed by atoms with E-state index in [1.807, 2.05) is 61.7 Å². The van der Waals surface area contributed by atoms with E-state index in [0.29, 0.717) is 71.7 Å². The number of aliphatic hydroxyl groups excluding tert-OH is 1. The number of nitrogens with zero attached hydrogens (tertiary/aromatic N) is 6. The van der Waals surface area contributed by atoms with Crippen molar-refractivity contribution in [2.24, 2.45) is 5.41 Å². The predicted molar refractivity (Wildman–Crippen MR) is 204 cm³/mol. The minimum absolute atomic E-state index is 0.267. The van der Waals surface area contributed by atoms with Gasteiger partial charge < -0.3 is 19.9 Å². The highest BCUT2D eigenvalue weighted by atomic mass is 35.5. The topological polar surface area (TPSA) is 152 Å². The molecule has 2 atom stereocenters. The van der Waals surface area contributed by atoms with Crippen LogP contribution in [0.5, 0.6) is 0 Å². The number of oxazole rings is 1. The Labute approximate surface area is 311 Å². The van der Waals surface area contributed by atoms with E-state index in [-0.39, 0.29) is 6.10 Å². The van der Waals surface area contributed by atoms with E-state index in [4.69, 9.17) is 26.0 Å². The zero-order valence-electron chi connectivity index (χ0n) is 29.4. The van der Waals surface area contributed by atoms with Crippen LogP contribution in [0.15, 0.2) is 77.5 Å². The quantitative estimate of drug-likeness (QED) is 0.135. The molecule has 0 radical (unpaired) electrons. The zero-order valence-corrected chi connectivity index (χ0v) is 30.2. The van der Waals surface area contributed by atoms with Gasteiger partial charge in [-0.05, 0) is 91.9 Å². The molecule has 2 fully saturated rings. The Hall–Kier alpha value is -5.38. The van der Waals surface area contributed by atoms with Crippen LogP contribution in [0.3, 0.4) is 0 Å². The number of carbonyl (C=O) groups is 1. The number of carboxylic acid groups (broad SMARTS) is 1. The summed E-state index contributed by atoms with van der Waals surface area (Å²) in [5.74, 6) is 0.194. The van der Waals surface area contributed by atoms with Crippen molar-refractivity contribution in [3.8, 4) is 28.7 Å². The van der Waals surface area contributed by atoms with Crippen LogP contribution in [0.25, 0.3) is 44.6 Å². The molecule has 5 heterocycles. The molecular weight excluding hydrogens is 690 g/mol. The molecule has 2 aliphatic heterocycles. The number of hydrogen-bond donors (Lipinski definition) is 3. The maximum Gasteiger partial charge on any atom is 0.310 e. The fourth-order valence-electron chi connectivity index (χ4n) is 7.63. The van der Waals surface area contributed by atoms with Gasteiger partial charge in [-0.15, -0.1) is 0 Å². The molecular formula is C41H38ClN7O4. The number of rotatable bonds is 9. The minimum atomic E-state index is -0.791. The third-order valence-electron chi connectivity index (χ3n) is 10.6. The Bertz CT molecular complexity index is 2440. The summed E-state index contributed by atoms with van der Waals surface area (Å²) in [7, 11) is 0. The number of pyridine rings is 2. The second kappa shape index (κ2) is 13.9. The first-order valence-electron chi connectivity index (χ1n) is 17.7. The second-order valence-electron chi connectivity index (χ2n) is 14.5. The number of fused-ring (bicyclic) bond motifs is 2. The van der Waals surface area contributed by atoms with Gasteiger partial charge in [0.25, 0.3) is 0 Å². The molecule has 53 heavy (non-hydrogen) atoms. The summed E-state index contributed by atoms with van der Waals surface area (Å²) >= 11 is 7.12. The maximum atomic E-state index is 11.8. The van der Waals surface area contributed by atoms with Crippen molar-refractivity contribution in [3.05, 3.63) is 100 Å². The lowest BCUT2D eigenvalue weighted by Gasteiger charge is -2.20. The summed E-state index contributed by atoms with van der Waals surface area (Å²) in [6.45, 7) is 7.68. The number of hydrogen-bond acceptors (Lipinski definition) is 10. The van der Waals surface area contributed by atoms with Gasteiger partial charge in [-0.3, -0.25) is 19.6 Å². The lowest BCUT2D eigenvalue weighted by molar-refractivity contribution is -0.147. The highest BCUT2D eigenvalue weighted by Crippen LogP contribution is 2.40. The van der Waals surface area contributed by atoms with Crippen LogP contribution in [-0.4, -0.2) is 73.2 Å². The standard InChI is InChI=1S/C41H38ClN7O4/c1-24-30(5-3-6-31(24)39-47-34-17-25(15-28(18-43)37(34)53-39)20-49-14-11-41(2,23-49)40(51)52)32-7-4-8-33(35(32)42)46-38-36-27(9-12-44-38)16-26(19-45-36)21-48-13-10-29(50)22-48/h3-9,12,15-17,19,29,50H,10-11,13-14,20-23H2,1-2H3,(H,44,46)(H,51,52)/t29-,41+/m0/s1. The van der Waals surface area contributed by atoms with Gasteiger partial charge in [-0.2, -0.15) is 5.26 Å². The number of aromatic nitrogens is 3. The molecule has 0 aliphatic carbocycles. The van der Waals surface area contributed by atoms with Gasteiger partial charge >= 0.3 is 5.97 Å². The Morgan fingerprint density at radius 2 is 1.85 bits per heavy atom. The van der Waals surface area contributed by atoms with Crippen molar-refractivity contribution in [1.29, 1.82) is 5.26 Å². The molecule has 0 amide bonds. The van der Waals surface area contributed by atoms with Gasteiger partial charge in [0.1, 0.15) is 17.1 Å². The summed E-state index contributed by atoms with van der Waals surface area (Å²) in [5, 5.41) is 34.5. The number of halogens is 1. The van der Waals surface area contributed by atoms with Gasteiger partial charge in [0.05, 0.1) is 27.8 Å². The number of aliphatic carboxylic acids is 1. The molecule has 0 bridgehead atoms. The Kier molecular flexibility index (Phi) is 9.08. The fourth-order valence-corrected chi connectivity index (χ4v) is 7.90. The summed E-state index contributed by atoms with van der Waals surface area (Å²) in [5.41, 5.74) is 7.35. The number of nitrogens with one attached hydrogen (secondary N) is 1. The highest BCUT2D eigenvalue weighted by Gasteiger charge is 2.40. The van der Waals surface area contributed by atoms with Crippen LogP contribution < -0.4 is 5.32 Å². The molecule has 12 heteroatoms. The van der Waals surface area contributed by atoms with Crippen molar-refractivity contribution in [2.75, 3.05) is 31.5 Å². The smallest absolute Gasteiger partial charge is 0.310 e. The Balaban J connectivity index is 1.07. The predicted octanol–water partition coefficient (Wildman–Crippen LogP) is 7.55. The summed E-state index contributed by atoms with van der Waals surface area (Å²) in [6, 6.07) is 21.7. The van der Waals surface area contributed by atoms with Gasteiger partial charge in [0.15, 0.2) is 11.4 Å². The van der Waals surface area contributed by atoms with E-state index in [1.165, 1.54) is 0 Å². The first kappa shape index (κ1) is 34.7. The zero-order chi connectivity index (χ0) is 36.9. The van der Waals surface area contributed by atoms with E-state index < -0.39 is 11.4 Å². The number of carboxylic acids is 1. The van der Waals surface area contributed by atoms with Crippen molar-refractivity contribution in [2.45, 2.75) is 45.9 Å². The normalized spacial score (nSPS) is 19.3. The second-order valence-corrected chi connectivity index (χ2v) is 14.8. The van der Waals surface area contributed by atoms with Gasteiger partial charge in [-0.25, -0.2) is 9.97 Å². The monoisotopic (exact) mass is 727 g/mol. The number of aliphatic hydroxyl groups is 1. The molecule has 0 spiro atoms. The molecule has 3 aromatic carbocycles. The molecule has 6 aromatic rings. The summed E-state index contributed by atoms with van der Waals surface area (Å²) in [6.07, 6.45) is 4.72. The molecule has 2 saturated heterocycles. The molecule has 3 N–H and O–H groups in total. The van der Waals surface area contributed by atoms with E-state index >= 15 is 0 Å². The van der Waals surface area contributed by atoms with Crippen LogP contribution in [0.2, 0.25) is 5.02 Å². The lowest BCUT2D eigenvalue weighted by Crippen LogP contribution is -2.31. The van der Waals surface area contributed by atoms with Crippen molar-refractivity contribution in [3.63, 3.8) is 0 Å². The molecule has 268 valence electrons. The lowest BCUT2D eigenvalue weighted by atomic mass is 9.90. The molecule has 8 rings (SSSR count). The number of benzene rings is 3. The fraction of sp³-hybridized carbons (Fsp3) is 0.293. The van der Waals surface area contributed by atoms with Crippen LogP contribution in [0, 0.1) is 23.7 Å². The van der Waals surface area contributed by atoms with E-state index in [0.717, 1.165) is 63.8 Å². The minimum Gasteiger partial charge on any atom is -0.481 e. The van der Waals surface area contributed by atoms with Crippen LogP contribution >= 0.6 is 11.6 Å². The molecule has 2 aliphatic rings. The molecule has 0 unspecified atom stereocenters. The summed E-state index contributed by atoms with van der Waals surface area (Å²) in [4.78, 5) is 30.3. The van der Waals surface area contributed by atoms with E-state index in [2.05, 4.69) is 32.2 Å². The van der Waals surface area contributed by atoms with Crippen LogP contribution in [0.1, 0.15) is 42.0 Å². The van der Waals surface area contributed by atoms with E-state index in [1.54, 1.807) is 19.2 Å². The van der Waals surface area contributed by atoms with Gasteiger partial charge in [0.2, 0.25) is 5.89 Å². The number of likely N-dealkylation sites (tertiary alicyclic amines) is 2. The van der Waals surface area contributed by atoms with Crippen molar-refractivity contribution in [1.82, 2.24) is 24.8 Å². The SMILES string of the molecule is Cc1c(-c2nc3cc(CN4CC[C@@](C)(C(=O)O)C4)cc(C#N)c3o2)cccc1-c1cccc(Nc2nccc3cc(CN4CC[C@H](O)C4)cnc23)c1Cl. The average Bonchev–Trinajstić information content (AvgIpc) is 3.87. The first-order valence-corrected chi connectivity index (χ1v) is 18.1. The average molecular weight is 728 g/mol. The molecule has 3 aromatic heterocycles. The van der Waals surface area contributed by atoms with Crippen molar-refractivity contribution < 1.29 is 19.4 Å². The third kappa shape index (κ3) is 6.71. The number of anilines is 2. The maximum absolute atomic E-state index is 11.8. The Morgan fingerprint density at radius 3 is 2.62 bits per heavy atom. The Morgan fingerprint density at radius 1 is 1.06 bits per heavy atom. The van der Waals surface area contributed by atoms with E-state index in [9.17, 15) is 20.3 Å². The number of nitriles is 1. The van der Waals surface area contributed by atoms with Crippen LogP contribution in [-0.2, 0) is 17.9 Å². The van der Waals surface area contributed by atoms with Crippen molar-refractivity contribution >= 4 is 51.1 Å². The number of β-amino-alcohol motifs (C(OH)–C–C–N with tert-alkyl or cyclic N) is 1. The summed E-state index contributed by atoms with van der Waals surface area (Å²) < 4.78 is 6.26. The third-order valence-corrected chi connectivity index (χ3v) is 11.0. The molecule has 0 saturated carbocycles. The van der Waals surface area contributed by atoms with Gasteiger partial charge in [0, 0.05) is 61.6 Å². The van der Waals surface area contributed by atoms with Crippen LogP contribution in [0.4, 0.5) is 11.5 Å². The molecule has 11 nitrogen and oxygen atoms in total. The van der Waals surface area contributed by atoms with Gasteiger partial charge in [-0.1, -0.05) is 35.9 Å². The first-order chi connectivity index (χ1) is 25.6.